The van der Waals surface area contributed by atoms with Gasteiger partial charge in [-0.1, -0.05) is 6.92 Å². The Hall–Kier alpha value is -3.37. The van der Waals surface area contributed by atoms with Crippen molar-refractivity contribution < 1.29 is 17.6 Å². The average molecular weight is 471 g/mol. The topological polar surface area (TPSA) is 101 Å². The zero-order valence-electron chi connectivity index (χ0n) is 17.9. The third-order valence-corrected chi connectivity index (χ3v) is 7.36. The number of benzene rings is 2. The number of anilines is 1. The highest BCUT2D eigenvalue weighted by Gasteiger charge is 2.28. The fourth-order valence-electron chi connectivity index (χ4n) is 3.72. The molecule has 8 nitrogen and oxygen atoms in total. The molecule has 1 aliphatic rings. The first-order valence-electron chi connectivity index (χ1n) is 10.5. The predicted molar refractivity (Wildman–Crippen MR) is 121 cm³/mol. The van der Waals surface area contributed by atoms with Crippen LogP contribution >= 0.6 is 0 Å². The number of halogens is 1. The van der Waals surface area contributed by atoms with Gasteiger partial charge in [-0.3, -0.25) is 9.59 Å². The Labute approximate surface area is 190 Å². The molecular formula is C23H23FN4O4S. The summed E-state index contributed by atoms with van der Waals surface area (Å²) < 4.78 is 41.7. The highest BCUT2D eigenvalue weighted by Crippen LogP contribution is 2.24. The lowest BCUT2D eigenvalue weighted by Crippen LogP contribution is -2.39. The van der Waals surface area contributed by atoms with Gasteiger partial charge in [0, 0.05) is 31.0 Å². The van der Waals surface area contributed by atoms with Gasteiger partial charge in [0.25, 0.3) is 5.91 Å². The van der Waals surface area contributed by atoms with E-state index in [1.807, 2.05) is 6.92 Å². The minimum atomic E-state index is -3.61. The number of hydrogen-bond donors (Lipinski definition) is 1. The van der Waals surface area contributed by atoms with E-state index in [1.165, 1.54) is 69.8 Å². The molecular weight excluding hydrogens is 447 g/mol. The second kappa shape index (κ2) is 9.24. The molecule has 1 aromatic heterocycles. The summed E-state index contributed by atoms with van der Waals surface area (Å²) in [5, 5.41) is 6.63. The summed E-state index contributed by atoms with van der Waals surface area (Å²) in [7, 11) is -3.61. The van der Waals surface area contributed by atoms with Crippen LogP contribution < -0.4 is 10.7 Å². The maximum Gasteiger partial charge on any atom is 0.280 e. The van der Waals surface area contributed by atoms with E-state index >= 15 is 0 Å². The minimum Gasteiger partial charge on any atom is -0.320 e. The van der Waals surface area contributed by atoms with Gasteiger partial charge in [-0.05, 0) is 67.3 Å². The third-order valence-electron chi connectivity index (χ3n) is 5.48. The lowest BCUT2D eigenvalue weighted by atomic mass is 10.0. The number of amides is 1. The molecule has 0 bridgehead atoms. The van der Waals surface area contributed by atoms with Gasteiger partial charge in [0.15, 0.2) is 5.69 Å². The summed E-state index contributed by atoms with van der Waals surface area (Å²) in [6.45, 7) is 3.01. The Balaban J connectivity index is 1.52. The van der Waals surface area contributed by atoms with Gasteiger partial charge in [-0.2, -0.15) is 9.40 Å². The van der Waals surface area contributed by atoms with Gasteiger partial charge in [0.2, 0.25) is 15.5 Å². The zero-order chi connectivity index (χ0) is 23.6. The van der Waals surface area contributed by atoms with Crippen LogP contribution in [0, 0.1) is 11.7 Å². The van der Waals surface area contributed by atoms with Crippen LogP contribution in [0.3, 0.4) is 0 Å². The zero-order valence-corrected chi connectivity index (χ0v) is 18.8. The fourth-order valence-corrected chi connectivity index (χ4v) is 5.32. The Kier molecular flexibility index (Phi) is 6.39. The van der Waals surface area contributed by atoms with Gasteiger partial charge in [-0.25, -0.2) is 17.5 Å². The molecule has 4 rings (SSSR count). The van der Waals surface area contributed by atoms with Crippen LogP contribution in [0.2, 0.25) is 0 Å². The second-order valence-electron chi connectivity index (χ2n) is 8.04. The largest absolute Gasteiger partial charge is 0.320 e. The van der Waals surface area contributed by atoms with Crippen molar-refractivity contribution in [3.05, 3.63) is 82.5 Å². The molecule has 3 aromatic rings. The quantitative estimate of drug-likeness (QED) is 0.618. The number of nitrogens with one attached hydrogen (secondary N) is 1. The van der Waals surface area contributed by atoms with Crippen molar-refractivity contribution in [3.63, 3.8) is 0 Å². The van der Waals surface area contributed by atoms with Crippen LogP contribution in [-0.2, 0) is 10.0 Å². The molecule has 2 aromatic carbocycles. The normalized spacial score (nSPS) is 17.0. The molecule has 1 amide bonds. The summed E-state index contributed by atoms with van der Waals surface area (Å²) in [5.41, 5.74) is -0.124. The second-order valence-corrected chi connectivity index (χ2v) is 9.98. The number of sulfonamides is 1. The first kappa shape index (κ1) is 22.8. The van der Waals surface area contributed by atoms with E-state index < -0.39 is 27.2 Å². The number of carbonyl (C=O) groups excluding carboxylic acids is 1. The van der Waals surface area contributed by atoms with E-state index in [1.54, 1.807) is 0 Å². The van der Waals surface area contributed by atoms with Gasteiger partial charge in [0.05, 0.1) is 10.6 Å². The number of aromatic nitrogens is 2. The molecule has 2 heterocycles. The first-order valence-corrected chi connectivity index (χ1v) is 12.0. The van der Waals surface area contributed by atoms with E-state index in [9.17, 15) is 22.4 Å². The van der Waals surface area contributed by atoms with Crippen molar-refractivity contribution in [2.75, 3.05) is 18.4 Å². The SMILES string of the molecule is C[C@H]1CCCN(S(=O)(=O)c2ccc(NC(=O)c3nn(-c4ccc(F)cc4)ccc3=O)cc2)C1. The number of carbonyl (C=O) groups is 1. The molecule has 1 aliphatic heterocycles. The summed E-state index contributed by atoms with van der Waals surface area (Å²) in [6, 6.07) is 12.4. The number of rotatable bonds is 5. The average Bonchev–Trinajstić information content (AvgIpc) is 2.80. The molecule has 172 valence electrons. The van der Waals surface area contributed by atoms with E-state index in [-0.39, 0.29) is 10.6 Å². The van der Waals surface area contributed by atoms with Crippen LogP contribution in [0.15, 0.2) is 70.5 Å². The van der Waals surface area contributed by atoms with Crippen molar-refractivity contribution in [2.24, 2.45) is 5.92 Å². The van der Waals surface area contributed by atoms with Crippen LogP contribution in [0.5, 0.6) is 0 Å². The van der Waals surface area contributed by atoms with E-state index in [4.69, 9.17) is 0 Å². The predicted octanol–water partition coefficient (Wildman–Crippen LogP) is 3.04. The van der Waals surface area contributed by atoms with Crippen LogP contribution in [0.25, 0.3) is 5.69 Å². The first-order chi connectivity index (χ1) is 15.7. The highest BCUT2D eigenvalue weighted by atomic mass is 32.2. The summed E-state index contributed by atoms with van der Waals surface area (Å²) >= 11 is 0. The Bertz CT molecular complexity index is 1320. The van der Waals surface area contributed by atoms with Crippen LogP contribution in [0.4, 0.5) is 10.1 Å². The molecule has 0 aliphatic carbocycles. The molecule has 0 unspecified atom stereocenters. The monoisotopic (exact) mass is 470 g/mol. The highest BCUT2D eigenvalue weighted by molar-refractivity contribution is 7.89. The van der Waals surface area contributed by atoms with Gasteiger partial charge < -0.3 is 5.32 Å². The standard InChI is InChI=1S/C23H23FN4O4S/c1-16-3-2-13-27(15-16)33(31,32)20-10-6-18(7-11-20)25-23(30)22-21(29)12-14-28(26-22)19-8-4-17(24)5-9-19/h4-12,14,16H,2-3,13,15H2,1H3,(H,25,30)/t16-/m0/s1. The van der Waals surface area contributed by atoms with Gasteiger partial charge >= 0.3 is 0 Å². The smallest absolute Gasteiger partial charge is 0.280 e. The Morgan fingerprint density at radius 3 is 2.45 bits per heavy atom. The Morgan fingerprint density at radius 2 is 1.79 bits per heavy atom. The molecule has 1 saturated heterocycles. The van der Waals surface area contributed by atoms with E-state index in [0.717, 1.165) is 12.8 Å². The van der Waals surface area contributed by atoms with E-state index in [2.05, 4.69) is 10.4 Å². The van der Waals surface area contributed by atoms with Gasteiger partial charge in [-0.15, -0.1) is 0 Å². The van der Waals surface area contributed by atoms with Crippen molar-refractivity contribution in [3.8, 4) is 5.69 Å². The maximum absolute atomic E-state index is 13.2. The fraction of sp³-hybridized carbons (Fsp3) is 0.261. The minimum absolute atomic E-state index is 0.145. The lowest BCUT2D eigenvalue weighted by Gasteiger charge is -2.30. The summed E-state index contributed by atoms with van der Waals surface area (Å²) in [6.07, 6.45) is 3.22. The Morgan fingerprint density at radius 1 is 1.09 bits per heavy atom. The van der Waals surface area contributed by atoms with Crippen molar-refractivity contribution in [2.45, 2.75) is 24.7 Å². The molecule has 0 radical (unpaired) electrons. The van der Waals surface area contributed by atoms with E-state index in [0.29, 0.717) is 30.4 Å². The molecule has 1 fully saturated rings. The number of nitrogens with zero attached hydrogens (tertiary/aromatic N) is 3. The van der Waals surface area contributed by atoms with Crippen molar-refractivity contribution in [1.82, 2.24) is 14.1 Å². The molecule has 1 N–H and O–H groups in total. The molecule has 1 atom stereocenters. The number of hydrogen-bond acceptors (Lipinski definition) is 5. The third kappa shape index (κ3) is 5.01. The molecule has 10 heteroatoms. The summed E-state index contributed by atoms with van der Waals surface area (Å²) in [5.74, 6) is -0.848. The van der Waals surface area contributed by atoms with Crippen LogP contribution in [0.1, 0.15) is 30.3 Å². The molecule has 33 heavy (non-hydrogen) atoms. The van der Waals surface area contributed by atoms with Gasteiger partial charge in [0.1, 0.15) is 5.82 Å². The van der Waals surface area contributed by atoms with Crippen molar-refractivity contribution in [1.29, 1.82) is 0 Å². The maximum atomic E-state index is 13.2. The lowest BCUT2D eigenvalue weighted by molar-refractivity contribution is 0.101. The van der Waals surface area contributed by atoms with Crippen molar-refractivity contribution >= 4 is 21.6 Å². The molecule has 0 saturated carbocycles. The summed E-state index contributed by atoms with van der Waals surface area (Å²) in [4.78, 5) is 25.0. The number of piperidine rings is 1. The molecule has 0 spiro atoms. The van der Waals surface area contributed by atoms with Crippen LogP contribution in [-0.4, -0.2) is 41.5 Å².